The average Bonchev–Trinajstić information content (AvgIpc) is 2.97. The van der Waals surface area contributed by atoms with Gasteiger partial charge < -0.3 is 10.2 Å². The number of nitrogens with one attached hydrogen (secondary N) is 1. The monoisotopic (exact) mass is 619 g/mol. The second-order valence-electron chi connectivity index (χ2n) is 10.1. The van der Waals surface area contributed by atoms with E-state index in [9.17, 15) is 22.4 Å². The summed E-state index contributed by atoms with van der Waals surface area (Å²) in [5.41, 5.74) is 0.604. The van der Waals surface area contributed by atoms with Gasteiger partial charge in [0.15, 0.2) is 0 Å². The first-order valence-corrected chi connectivity index (χ1v) is 15.6. The van der Waals surface area contributed by atoms with Gasteiger partial charge in [-0.3, -0.25) is 13.9 Å². The van der Waals surface area contributed by atoms with Crippen molar-refractivity contribution in [3.63, 3.8) is 0 Å². The van der Waals surface area contributed by atoms with Crippen molar-refractivity contribution in [2.75, 3.05) is 10.8 Å². The van der Waals surface area contributed by atoms with Crippen molar-refractivity contribution in [1.82, 2.24) is 10.2 Å². The second kappa shape index (κ2) is 13.7. The third-order valence-electron chi connectivity index (χ3n) is 7.20. The minimum Gasteiger partial charge on any atom is -0.352 e. The first-order chi connectivity index (χ1) is 19.6. The smallest absolute Gasteiger partial charge is 0.264 e. The van der Waals surface area contributed by atoms with Crippen molar-refractivity contribution in [2.24, 2.45) is 0 Å². The number of hydrogen-bond donors (Lipinski definition) is 1. The number of carbonyl (C=O) groups is 2. The Balaban J connectivity index is 1.69. The number of anilines is 1. The van der Waals surface area contributed by atoms with E-state index in [4.69, 9.17) is 23.2 Å². The Morgan fingerprint density at radius 1 is 0.951 bits per heavy atom. The largest absolute Gasteiger partial charge is 0.352 e. The van der Waals surface area contributed by atoms with E-state index >= 15 is 0 Å². The van der Waals surface area contributed by atoms with Crippen molar-refractivity contribution in [2.45, 2.75) is 62.6 Å². The van der Waals surface area contributed by atoms with E-state index < -0.39 is 34.3 Å². The molecule has 3 aromatic rings. The third kappa shape index (κ3) is 7.58. The van der Waals surface area contributed by atoms with Gasteiger partial charge in [0.2, 0.25) is 11.8 Å². The summed E-state index contributed by atoms with van der Waals surface area (Å²) < 4.78 is 42.2. The number of sulfonamides is 1. The van der Waals surface area contributed by atoms with Crippen LogP contribution in [0.1, 0.15) is 44.6 Å². The fraction of sp³-hybridized carbons (Fsp3) is 0.333. The molecule has 4 rings (SSSR count). The Hall–Kier alpha value is -3.14. The molecule has 11 heteroatoms. The number of amides is 2. The summed E-state index contributed by atoms with van der Waals surface area (Å²) in [6, 6.07) is 16.8. The molecule has 1 aliphatic carbocycles. The molecule has 1 fully saturated rings. The summed E-state index contributed by atoms with van der Waals surface area (Å²) >= 11 is 12.7. The third-order valence-corrected chi connectivity index (χ3v) is 9.78. The van der Waals surface area contributed by atoms with E-state index in [2.05, 4.69) is 5.32 Å². The van der Waals surface area contributed by atoms with Gasteiger partial charge in [-0.15, -0.1) is 0 Å². The van der Waals surface area contributed by atoms with Gasteiger partial charge in [-0.1, -0.05) is 78.9 Å². The molecule has 41 heavy (non-hydrogen) atoms. The first-order valence-electron chi connectivity index (χ1n) is 13.4. The fourth-order valence-electron chi connectivity index (χ4n) is 4.86. The van der Waals surface area contributed by atoms with Crippen LogP contribution in [0.3, 0.4) is 0 Å². The van der Waals surface area contributed by atoms with Crippen LogP contribution in [0, 0.1) is 5.82 Å². The van der Waals surface area contributed by atoms with Gasteiger partial charge in [0.25, 0.3) is 10.0 Å². The maximum absolute atomic E-state index is 14.0. The Morgan fingerprint density at radius 3 is 2.27 bits per heavy atom. The van der Waals surface area contributed by atoms with Gasteiger partial charge in [-0.25, -0.2) is 12.8 Å². The van der Waals surface area contributed by atoms with Crippen LogP contribution in [0.2, 0.25) is 10.0 Å². The van der Waals surface area contributed by atoms with E-state index in [1.54, 1.807) is 25.1 Å². The molecule has 0 spiro atoms. The topological polar surface area (TPSA) is 86.8 Å². The molecule has 2 amide bonds. The lowest BCUT2D eigenvalue weighted by Gasteiger charge is -2.33. The summed E-state index contributed by atoms with van der Waals surface area (Å²) in [6.07, 6.45) is 4.88. The number of rotatable bonds is 10. The highest BCUT2D eigenvalue weighted by Gasteiger charge is 2.34. The molecule has 1 atom stereocenters. The predicted octanol–water partition coefficient (Wildman–Crippen LogP) is 6.19. The number of nitrogens with zero attached hydrogens (tertiary/aromatic N) is 2. The number of carbonyl (C=O) groups excluding carboxylic acids is 2. The fourth-order valence-corrected chi connectivity index (χ4v) is 6.75. The van der Waals surface area contributed by atoms with E-state index in [-0.39, 0.29) is 39.1 Å². The van der Waals surface area contributed by atoms with Crippen molar-refractivity contribution in [3.8, 4) is 0 Å². The molecule has 0 aliphatic heterocycles. The maximum atomic E-state index is 14.0. The minimum absolute atomic E-state index is 0.0155. The van der Waals surface area contributed by atoms with Crippen molar-refractivity contribution < 1.29 is 22.4 Å². The minimum atomic E-state index is -4.28. The van der Waals surface area contributed by atoms with E-state index in [0.29, 0.717) is 5.56 Å². The summed E-state index contributed by atoms with van der Waals surface area (Å²) in [4.78, 5) is 28.6. The molecule has 0 bridgehead atoms. The lowest BCUT2D eigenvalue weighted by molar-refractivity contribution is -0.139. The number of hydrogen-bond acceptors (Lipinski definition) is 4. The zero-order valence-electron chi connectivity index (χ0n) is 22.6. The van der Waals surface area contributed by atoms with Crippen molar-refractivity contribution in [3.05, 3.63) is 94.2 Å². The van der Waals surface area contributed by atoms with Gasteiger partial charge >= 0.3 is 0 Å². The number of halogens is 3. The second-order valence-corrected chi connectivity index (χ2v) is 12.7. The summed E-state index contributed by atoms with van der Waals surface area (Å²) in [5, 5.41) is 3.13. The lowest BCUT2D eigenvalue weighted by atomic mass is 9.95. The maximum Gasteiger partial charge on any atom is 0.264 e. The Bertz CT molecular complexity index is 1470. The normalized spacial score (nSPS) is 14.7. The quantitative estimate of drug-likeness (QED) is 0.293. The zero-order valence-corrected chi connectivity index (χ0v) is 24.9. The molecule has 3 aromatic carbocycles. The van der Waals surface area contributed by atoms with Crippen LogP contribution in [-0.4, -0.2) is 43.8 Å². The van der Waals surface area contributed by atoms with Crippen LogP contribution in [-0.2, 0) is 26.2 Å². The van der Waals surface area contributed by atoms with Gasteiger partial charge in [-0.05, 0) is 61.7 Å². The summed E-state index contributed by atoms with van der Waals surface area (Å²) in [6.45, 7) is 0.905. The molecule has 1 saturated carbocycles. The van der Waals surface area contributed by atoms with Gasteiger partial charge in [0, 0.05) is 12.6 Å². The standard InChI is InChI=1S/C30H32Cl2FN3O4S/c1-21(30(38)34-24-9-4-2-5-10-24)35(19-22-15-17-23(33)18-16-22)28(37)20-36(27-14-8-13-26(31)29(27)32)41(39,40)25-11-6-3-7-12-25/h3,6-8,11-18,21,24H,2,4-5,9-10,19-20H2,1H3,(H,34,38)/t21-/m1/s1. The Labute approximate surface area is 250 Å². The molecule has 0 saturated heterocycles. The van der Waals surface area contributed by atoms with Gasteiger partial charge in [0.05, 0.1) is 20.6 Å². The molecule has 0 aromatic heterocycles. The molecular weight excluding hydrogens is 588 g/mol. The molecule has 1 aliphatic rings. The molecule has 7 nitrogen and oxygen atoms in total. The van der Waals surface area contributed by atoms with Crippen LogP contribution in [0.5, 0.6) is 0 Å². The van der Waals surface area contributed by atoms with E-state index in [1.165, 1.54) is 59.5 Å². The van der Waals surface area contributed by atoms with Crippen LogP contribution >= 0.6 is 23.2 Å². The lowest BCUT2D eigenvalue weighted by Crippen LogP contribution is -2.53. The molecule has 0 heterocycles. The van der Waals surface area contributed by atoms with Crippen LogP contribution in [0.4, 0.5) is 10.1 Å². The van der Waals surface area contributed by atoms with Gasteiger partial charge in [0.1, 0.15) is 18.4 Å². The van der Waals surface area contributed by atoms with Crippen LogP contribution in [0.25, 0.3) is 0 Å². The molecule has 1 N–H and O–H groups in total. The zero-order chi connectivity index (χ0) is 29.6. The average molecular weight is 621 g/mol. The predicted molar refractivity (Wildman–Crippen MR) is 159 cm³/mol. The van der Waals surface area contributed by atoms with Crippen molar-refractivity contribution in [1.29, 1.82) is 0 Å². The first kappa shape index (κ1) is 30.8. The summed E-state index contributed by atoms with van der Waals surface area (Å²) in [7, 11) is -4.28. The van der Waals surface area contributed by atoms with E-state index in [1.807, 2.05) is 0 Å². The SMILES string of the molecule is C[C@H](C(=O)NC1CCCCC1)N(Cc1ccc(F)cc1)C(=O)CN(c1cccc(Cl)c1Cl)S(=O)(=O)c1ccccc1. The Kier molecular flexibility index (Phi) is 10.3. The molecule has 218 valence electrons. The Morgan fingerprint density at radius 2 is 1.61 bits per heavy atom. The van der Waals surface area contributed by atoms with Crippen LogP contribution < -0.4 is 9.62 Å². The highest BCUT2D eigenvalue weighted by Crippen LogP contribution is 2.35. The molecular formula is C30H32Cl2FN3O4S. The summed E-state index contributed by atoms with van der Waals surface area (Å²) in [5.74, 6) is -1.42. The van der Waals surface area contributed by atoms with Gasteiger partial charge in [-0.2, -0.15) is 0 Å². The van der Waals surface area contributed by atoms with Crippen LogP contribution in [0.15, 0.2) is 77.7 Å². The highest BCUT2D eigenvalue weighted by atomic mass is 35.5. The molecule has 0 unspecified atom stereocenters. The highest BCUT2D eigenvalue weighted by molar-refractivity contribution is 7.92. The molecule has 0 radical (unpaired) electrons. The number of benzene rings is 3. The van der Waals surface area contributed by atoms with E-state index in [0.717, 1.165) is 36.4 Å². The van der Waals surface area contributed by atoms with Crippen molar-refractivity contribution >= 4 is 50.7 Å².